The lowest BCUT2D eigenvalue weighted by Crippen LogP contribution is -2.37. The van der Waals surface area contributed by atoms with E-state index in [2.05, 4.69) is 33.4 Å². The maximum Gasteiger partial charge on any atom is -0.0148 e. The molecule has 2 aliphatic carbocycles. The minimum Gasteiger partial charge on any atom is -0.0958 e. The zero-order valence-electron chi connectivity index (χ0n) is 10.5. The molecule has 0 saturated heterocycles. The van der Waals surface area contributed by atoms with Gasteiger partial charge in [0.15, 0.2) is 0 Å². The average Bonchev–Trinajstić information content (AvgIpc) is 2.17. The zero-order chi connectivity index (χ0) is 11.1. The Hall–Kier alpha value is -0.520. The smallest absolute Gasteiger partial charge is 0.0148 e. The highest BCUT2D eigenvalue weighted by Gasteiger charge is 2.41. The van der Waals surface area contributed by atoms with E-state index in [-0.39, 0.29) is 0 Å². The van der Waals surface area contributed by atoms with E-state index in [1.54, 1.807) is 0 Å². The van der Waals surface area contributed by atoms with E-state index in [1.807, 2.05) is 0 Å². The number of allylic oxidation sites excluding steroid dienone is 3. The van der Waals surface area contributed by atoms with Crippen molar-refractivity contribution in [2.75, 3.05) is 0 Å². The highest BCUT2D eigenvalue weighted by Crippen LogP contribution is 2.51. The van der Waals surface area contributed by atoms with Crippen LogP contribution in [-0.2, 0) is 0 Å². The summed E-state index contributed by atoms with van der Waals surface area (Å²) in [6, 6.07) is 0. The maximum absolute atomic E-state index is 4.10. The molecule has 0 bridgehead atoms. The van der Waals surface area contributed by atoms with Crippen molar-refractivity contribution in [1.29, 1.82) is 0 Å². The van der Waals surface area contributed by atoms with Crippen LogP contribution in [0.25, 0.3) is 0 Å². The first-order chi connectivity index (χ1) is 7.03. The summed E-state index contributed by atoms with van der Waals surface area (Å²) in [4.78, 5) is 0. The van der Waals surface area contributed by atoms with Crippen LogP contribution in [-0.4, -0.2) is 0 Å². The van der Waals surface area contributed by atoms with Crippen LogP contribution in [0.15, 0.2) is 23.8 Å². The molecule has 15 heavy (non-hydrogen) atoms. The Bertz CT molecular complexity index is 297. The Labute approximate surface area is 94.5 Å². The second-order valence-electron chi connectivity index (χ2n) is 6.02. The predicted octanol–water partition coefficient (Wildman–Crippen LogP) is 4.73. The number of hydrogen-bond donors (Lipinski definition) is 0. The molecule has 0 amide bonds. The fourth-order valence-corrected chi connectivity index (χ4v) is 3.59. The van der Waals surface area contributed by atoms with Crippen molar-refractivity contribution in [3.63, 3.8) is 0 Å². The van der Waals surface area contributed by atoms with Crippen LogP contribution in [0, 0.1) is 17.3 Å². The Morgan fingerprint density at radius 1 is 1.47 bits per heavy atom. The van der Waals surface area contributed by atoms with Crippen LogP contribution in [0.5, 0.6) is 0 Å². The maximum atomic E-state index is 4.10. The van der Waals surface area contributed by atoms with Gasteiger partial charge in [0.1, 0.15) is 0 Å². The van der Waals surface area contributed by atoms with Crippen molar-refractivity contribution < 1.29 is 0 Å². The molecule has 0 N–H and O–H groups in total. The lowest BCUT2D eigenvalue weighted by Gasteiger charge is -2.47. The molecule has 84 valence electrons. The lowest BCUT2D eigenvalue weighted by molar-refractivity contribution is 0.0838. The van der Waals surface area contributed by atoms with Crippen LogP contribution in [0.1, 0.15) is 52.9 Å². The summed E-state index contributed by atoms with van der Waals surface area (Å²) in [7, 11) is 0. The minimum absolute atomic E-state index is 0.594. The molecule has 0 aromatic rings. The molecule has 0 aliphatic heterocycles. The highest BCUT2D eigenvalue weighted by atomic mass is 14.5. The third kappa shape index (κ3) is 1.91. The van der Waals surface area contributed by atoms with Gasteiger partial charge in [0.2, 0.25) is 0 Å². The fraction of sp³-hybridized carbons (Fsp3) is 0.733. The topological polar surface area (TPSA) is 0 Å². The molecule has 0 radical (unpaired) electrons. The van der Waals surface area contributed by atoms with Gasteiger partial charge in [0.05, 0.1) is 0 Å². The second kappa shape index (κ2) is 3.81. The van der Waals surface area contributed by atoms with Gasteiger partial charge in [-0.05, 0) is 49.0 Å². The van der Waals surface area contributed by atoms with E-state index in [4.69, 9.17) is 0 Å². The van der Waals surface area contributed by atoms with Gasteiger partial charge < -0.3 is 0 Å². The van der Waals surface area contributed by atoms with E-state index < -0.39 is 0 Å². The lowest BCUT2D eigenvalue weighted by atomic mass is 9.58. The number of fused-ring (bicyclic) bond motifs is 1. The molecule has 3 atom stereocenters. The first-order valence-electron chi connectivity index (χ1n) is 6.39. The van der Waals surface area contributed by atoms with Crippen molar-refractivity contribution >= 4 is 0 Å². The molecular formula is C15H24. The number of hydrogen-bond acceptors (Lipinski definition) is 0. The Morgan fingerprint density at radius 3 is 2.87 bits per heavy atom. The molecule has 2 aliphatic rings. The summed E-state index contributed by atoms with van der Waals surface area (Å²) >= 11 is 0. The van der Waals surface area contributed by atoms with Crippen molar-refractivity contribution in [3.8, 4) is 0 Å². The summed E-state index contributed by atoms with van der Waals surface area (Å²) in [5, 5.41) is 0. The van der Waals surface area contributed by atoms with Crippen molar-refractivity contribution in [1.82, 2.24) is 0 Å². The largest absolute Gasteiger partial charge is 0.0958 e. The van der Waals surface area contributed by atoms with Gasteiger partial charge in [-0.1, -0.05) is 44.9 Å². The van der Waals surface area contributed by atoms with Crippen LogP contribution in [0.3, 0.4) is 0 Å². The molecule has 2 rings (SSSR count). The summed E-state index contributed by atoms with van der Waals surface area (Å²) in [6.07, 6.45) is 9.47. The molecule has 1 fully saturated rings. The summed E-state index contributed by atoms with van der Waals surface area (Å²) in [5.41, 5.74) is 3.41. The zero-order valence-corrected chi connectivity index (χ0v) is 10.5. The fourth-order valence-electron chi connectivity index (χ4n) is 3.59. The average molecular weight is 204 g/mol. The molecule has 0 heterocycles. The first-order valence-corrected chi connectivity index (χ1v) is 6.39. The van der Waals surface area contributed by atoms with Gasteiger partial charge in [-0.15, -0.1) is 0 Å². The predicted molar refractivity (Wildman–Crippen MR) is 66.7 cm³/mol. The Morgan fingerprint density at radius 2 is 2.20 bits per heavy atom. The second-order valence-corrected chi connectivity index (χ2v) is 6.02. The summed E-state index contributed by atoms with van der Waals surface area (Å²) < 4.78 is 0. The van der Waals surface area contributed by atoms with Crippen LogP contribution in [0.4, 0.5) is 0 Å². The quantitative estimate of drug-likeness (QED) is 0.579. The first kappa shape index (κ1) is 11.0. The van der Waals surface area contributed by atoms with Gasteiger partial charge in [-0.2, -0.15) is 0 Å². The molecule has 0 nitrogen and oxygen atoms in total. The van der Waals surface area contributed by atoms with Gasteiger partial charge in [-0.25, -0.2) is 0 Å². The van der Waals surface area contributed by atoms with Gasteiger partial charge in [0, 0.05) is 0 Å². The molecule has 1 saturated carbocycles. The van der Waals surface area contributed by atoms with E-state index in [0.717, 1.165) is 11.8 Å². The van der Waals surface area contributed by atoms with E-state index in [0.29, 0.717) is 5.41 Å². The molecule has 0 unspecified atom stereocenters. The van der Waals surface area contributed by atoms with E-state index in [1.165, 1.54) is 43.3 Å². The molecule has 0 aromatic heterocycles. The third-order valence-corrected chi connectivity index (χ3v) is 4.72. The van der Waals surface area contributed by atoms with Crippen LogP contribution < -0.4 is 0 Å². The van der Waals surface area contributed by atoms with Crippen molar-refractivity contribution in [2.45, 2.75) is 52.9 Å². The summed E-state index contributed by atoms with van der Waals surface area (Å²) in [5.74, 6) is 1.69. The standard InChI is InChI=1S/C15H24/c1-11(2)13-7-9-15(4)8-5-6-12(3)14(15)10-13/h10,12,14H,1,5-9H2,2-4H3/t12-,14+,15-/m1/s1. The van der Waals surface area contributed by atoms with Gasteiger partial charge >= 0.3 is 0 Å². The third-order valence-electron chi connectivity index (χ3n) is 4.72. The Balaban J connectivity index is 2.28. The molecule has 0 spiro atoms. The van der Waals surface area contributed by atoms with Gasteiger partial charge in [0.25, 0.3) is 0 Å². The highest BCUT2D eigenvalue weighted by molar-refractivity contribution is 5.30. The minimum atomic E-state index is 0.594. The van der Waals surface area contributed by atoms with E-state index >= 15 is 0 Å². The van der Waals surface area contributed by atoms with Gasteiger partial charge in [-0.3, -0.25) is 0 Å². The molecular weight excluding hydrogens is 180 g/mol. The van der Waals surface area contributed by atoms with Crippen LogP contribution >= 0.6 is 0 Å². The van der Waals surface area contributed by atoms with Crippen molar-refractivity contribution in [2.24, 2.45) is 17.3 Å². The summed E-state index contributed by atoms with van der Waals surface area (Å²) in [6.45, 7) is 11.2. The Kier molecular flexibility index (Phi) is 2.79. The van der Waals surface area contributed by atoms with Crippen molar-refractivity contribution in [3.05, 3.63) is 23.8 Å². The number of rotatable bonds is 1. The monoisotopic (exact) mass is 204 g/mol. The van der Waals surface area contributed by atoms with E-state index in [9.17, 15) is 0 Å². The molecule has 0 aromatic carbocycles. The normalized spacial score (nSPS) is 40.6. The van der Waals surface area contributed by atoms with Crippen LogP contribution in [0.2, 0.25) is 0 Å². The molecule has 0 heteroatoms. The SMILES string of the molecule is C=C(C)C1=C[C@H]2[C@H](C)CCC[C@]2(C)CC1.